The molecule has 1 heterocycles. The van der Waals surface area contributed by atoms with Gasteiger partial charge in [0.15, 0.2) is 0 Å². The zero-order valence-electron chi connectivity index (χ0n) is 9.65. The average Bonchev–Trinajstić information content (AvgIpc) is 2.27. The van der Waals surface area contributed by atoms with Gasteiger partial charge < -0.3 is 5.11 Å². The van der Waals surface area contributed by atoms with Crippen LogP contribution in [-0.4, -0.2) is 16.1 Å². The monoisotopic (exact) mass is 283 g/mol. The summed E-state index contributed by atoms with van der Waals surface area (Å²) in [6, 6.07) is 7.01. The van der Waals surface area contributed by atoms with Crippen molar-refractivity contribution in [3.63, 3.8) is 0 Å². The van der Waals surface area contributed by atoms with Crippen molar-refractivity contribution in [2.75, 3.05) is 0 Å². The van der Waals surface area contributed by atoms with E-state index in [0.717, 1.165) is 11.1 Å². The normalized spacial score (nSPS) is 12.6. The number of aromatic nitrogens is 1. The number of rotatable bonds is 3. The number of fused-ring (bicyclic) bond motifs is 1. The Morgan fingerprint density at radius 3 is 2.78 bits per heavy atom. The van der Waals surface area contributed by atoms with Gasteiger partial charge in [-0.1, -0.05) is 30.1 Å². The molecule has 2 rings (SSSR count). The van der Waals surface area contributed by atoms with Crippen LogP contribution < -0.4 is 0 Å². The lowest BCUT2D eigenvalue weighted by Gasteiger charge is -2.07. The molecule has 1 atom stereocenters. The first-order valence-corrected chi connectivity index (χ1v) is 6.20. The molecule has 0 saturated heterocycles. The number of nitrogens with zero attached hydrogens (tertiary/aromatic N) is 1. The standard InChI is InChI=1S/C13H11Cl2NO2/c1-7(13(17)18)4-9-2-3-10-11(15)5-8(14)6-12(10)16-9/h2-3,5-7H,4H2,1H3,(H,17,18). The second-order valence-electron chi connectivity index (χ2n) is 4.20. The summed E-state index contributed by atoms with van der Waals surface area (Å²) in [5.41, 5.74) is 1.40. The Hall–Kier alpha value is -1.32. The summed E-state index contributed by atoms with van der Waals surface area (Å²) in [7, 11) is 0. The van der Waals surface area contributed by atoms with Gasteiger partial charge in [-0.15, -0.1) is 0 Å². The van der Waals surface area contributed by atoms with E-state index in [1.165, 1.54) is 0 Å². The molecule has 0 fully saturated rings. The molecule has 1 aromatic heterocycles. The third kappa shape index (κ3) is 2.74. The molecule has 5 heteroatoms. The highest BCUT2D eigenvalue weighted by Crippen LogP contribution is 2.27. The van der Waals surface area contributed by atoms with E-state index in [1.807, 2.05) is 6.07 Å². The Kier molecular flexibility index (Phi) is 3.73. The SMILES string of the molecule is CC(Cc1ccc2c(Cl)cc(Cl)cc2n1)C(=O)O. The first-order valence-electron chi connectivity index (χ1n) is 5.45. The maximum atomic E-state index is 10.8. The quantitative estimate of drug-likeness (QED) is 0.932. The van der Waals surface area contributed by atoms with E-state index >= 15 is 0 Å². The fraction of sp³-hybridized carbons (Fsp3) is 0.231. The van der Waals surface area contributed by atoms with Crippen molar-refractivity contribution < 1.29 is 9.90 Å². The summed E-state index contributed by atoms with van der Waals surface area (Å²) in [5.74, 6) is -1.30. The van der Waals surface area contributed by atoms with Gasteiger partial charge >= 0.3 is 5.97 Å². The van der Waals surface area contributed by atoms with E-state index in [4.69, 9.17) is 28.3 Å². The van der Waals surface area contributed by atoms with Crippen LogP contribution >= 0.6 is 23.2 Å². The third-order valence-electron chi connectivity index (χ3n) is 2.72. The minimum Gasteiger partial charge on any atom is -0.481 e. The average molecular weight is 284 g/mol. The predicted molar refractivity (Wildman–Crippen MR) is 72.3 cm³/mol. The van der Waals surface area contributed by atoms with E-state index in [0.29, 0.717) is 22.0 Å². The number of halogens is 2. The molecule has 0 saturated carbocycles. The number of hydrogen-bond acceptors (Lipinski definition) is 2. The lowest BCUT2D eigenvalue weighted by molar-refractivity contribution is -0.141. The molecular weight excluding hydrogens is 273 g/mol. The molecule has 18 heavy (non-hydrogen) atoms. The zero-order chi connectivity index (χ0) is 13.3. The smallest absolute Gasteiger partial charge is 0.306 e. The van der Waals surface area contributed by atoms with Crippen molar-refractivity contribution in [1.82, 2.24) is 4.98 Å². The number of aliphatic carboxylic acids is 1. The Balaban J connectivity index is 2.41. The summed E-state index contributed by atoms with van der Waals surface area (Å²) in [5, 5.41) is 10.7. The van der Waals surface area contributed by atoms with Crippen LogP contribution in [0.1, 0.15) is 12.6 Å². The largest absolute Gasteiger partial charge is 0.481 e. The van der Waals surface area contributed by atoms with Gasteiger partial charge in [-0.25, -0.2) is 0 Å². The maximum absolute atomic E-state index is 10.8. The molecule has 1 unspecified atom stereocenters. The van der Waals surface area contributed by atoms with Crippen LogP contribution in [0.15, 0.2) is 24.3 Å². The number of pyridine rings is 1. The van der Waals surface area contributed by atoms with E-state index < -0.39 is 11.9 Å². The number of carboxylic acids is 1. The Labute approximate surface area is 114 Å². The van der Waals surface area contributed by atoms with Crippen LogP contribution in [0.5, 0.6) is 0 Å². The highest BCUT2D eigenvalue weighted by molar-refractivity contribution is 6.38. The highest BCUT2D eigenvalue weighted by Gasteiger charge is 2.13. The Bertz CT molecular complexity index is 613. The summed E-state index contributed by atoms with van der Waals surface area (Å²) in [6.07, 6.45) is 0.384. The fourth-order valence-corrected chi connectivity index (χ4v) is 2.26. The van der Waals surface area contributed by atoms with Gasteiger partial charge in [-0.2, -0.15) is 0 Å². The number of hydrogen-bond donors (Lipinski definition) is 1. The number of carboxylic acid groups (broad SMARTS) is 1. The topological polar surface area (TPSA) is 50.2 Å². The van der Waals surface area contributed by atoms with Gasteiger partial charge in [0.05, 0.1) is 16.5 Å². The van der Waals surface area contributed by atoms with Crippen molar-refractivity contribution in [1.29, 1.82) is 0 Å². The zero-order valence-corrected chi connectivity index (χ0v) is 11.2. The minimum absolute atomic E-state index is 0.384. The third-order valence-corrected chi connectivity index (χ3v) is 3.25. The molecule has 94 valence electrons. The van der Waals surface area contributed by atoms with Crippen LogP contribution in [0.3, 0.4) is 0 Å². The summed E-state index contributed by atoms with van der Waals surface area (Å²) in [4.78, 5) is 15.2. The fourth-order valence-electron chi connectivity index (χ4n) is 1.71. The van der Waals surface area contributed by atoms with Crippen LogP contribution in [0.4, 0.5) is 0 Å². The van der Waals surface area contributed by atoms with Gasteiger partial charge in [0.25, 0.3) is 0 Å². The molecule has 0 amide bonds. The van der Waals surface area contributed by atoms with Crippen LogP contribution in [0.25, 0.3) is 10.9 Å². The van der Waals surface area contributed by atoms with Gasteiger partial charge in [-0.05, 0) is 24.3 Å². The molecule has 3 nitrogen and oxygen atoms in total. The van der Waals surface area contributed by atoms with Crippen molar-refractivity contribution >= 4 is 40.1 Å². The van der Waals surface area contributed by atoms with E-state index in [9.17, 15) is 4.79 Å². The predicted octanol–water partition coefficient (Wildman–Crippen LogP) is 3.80. The molecule has 1 aromatic carbocycles. The second kappa shape index (κ2) is 5.12. The van der Waals surface area contributed by atoms with E-state index in [1.54, 1.807) is 25.1 Å². The molecule has 0 aliphatic heterocycles. The molecule has 0 radical (unpaired) electrons. The van der Waals surface area contributed by atoms with Crippen LogP contribution in [-0.2, 0) is 11.2 Å². The van der Waals surface area contributed by atoms with Crippen molar-refractivity contribution in [3.05, 3.63) is 40.0 Å². The summed E-state index contributed by atoms with van der Waals surface area (Å²) >= 11 is 12.0. The molecule has 2 aromatic rings. The number of benzene rings is 1. The minimum atomic E-state index is -0.832. The molecule has 1 N–H and O–H groups in total. The molecule has 0 spiro atoms. The molecule has 0 bridgehead atoms. The van der Waals surface area contributed by atoms with Crippen molar-refractivity contribution in [2.45, 2.75) is 13.3 Å². The highest BCUT2D eigenvalue weighted by atomic mass is 35.5. The van der Waals surface area contributed by atoms with E-state index in [2.05, 4.69) is 4.98 Å². The first kappa shape index (κ1) is 13.1. The lowest BCUT2D eigenvalue weighted by Crippen LogP contribution is -2.13. The first-order chi connectivity index (χ1) is 8.47. The number of carbonyl (C=O) groups is 1. The van der Waals surface area contributed by atoms with Crippen molar-refractivity contribution in [2.24, 2.45) is 5.92 Å². The van der Waals surface area contributed by atoms with E-state index in [-0.39, 0.29) is 0 Å². The Morgan fingerprint density at radius 1 is 1.39 bits per heavy atom. The van der Waals surface area contributed by atoms with Crippen molar-refractivity contribution in [3.8, 4) is 0 Å². The summed E-state index contributed by atoms with van der Waals surface area (Å²) < 4.78 is 0. The summed E-state index contributed by atoms with van der Waals surface area (Å²) in [6.45, 7) is 1.65. The lowest BCUT2D eigenvalue weighted by atomic mass is 10.0. The van der Waals surface area contributed by atoms with Gasteiger partial charge in [0.2, 0.25) is 0 Å². The van der Waals surface area contributed by atoms with Gasteiger partial charge in [0.1, 0.15) is 0 Å². The van der Waals surface area contributed by atoms with Gasteiger partial charge in [-0.3, -0.25) is 9.78 Å². The molecular formula is C13H11Cl2NO2. The van der Waals surface area contributed by atoms with Crippen LogP contribution in [0.2, 0.25) is 10.0 Å². The molecule has 0 aliphatic carbocycles. The molecule has 0 aliphatic rings. The van der Waals surface area contributed by atoms with Gasteiger partial charge in [0, 0.05) is 22.5 Å². The maximum Gasteiger partial charge on any atom is 0.306 e. The van der Waals surface area contributed by atoms with Crippen LogP contribution in [0, 0.1) is 5.92 Å². The second-order valence-corrected chi connectivity index (χ2v) is 5.04. The Morgan fingerprint density at radius 2 is 2.11 bits per heavy atom.